The largest absolute Gasteiger partial charge is 0.481 e. The molecule has 0 aromatic carbocycles. The maximum absolute atomic E-state index is 11.5. The lowest BCUT2D eigenvalue weighted by Crippen LogP contribution is -2.41. The Bertz CT molecular complexity index is 211. The number of rotatable bonds is 5. The Kier molecular flexibility index (Phi) is 4.07. The van der Waals surface area contributed by atoms with E-state index < -0.39 is 17.4 Å². The molecule has 0 amide bonds. The molecule has 0 radical (unpaired) electrons. The second-order valence-electron chi connectivity index (χ2n) is 3.81. The van der Waals surface area contributed by atoms with Gasteiger partial charge in [0.25, 0.3) is 0 Å². The van der Waals surface area contributed by atoms with Gasteiger partial charge in [0.1, 0.15) is 0 Å². The van der Waals surface area contributed by atoms with E-state index in [1.165, 1.54) is 0 Å². The van der Waals surface area contributed by atoms with Crippen molar-refractivity contribution in [3.8, 4) is 0 Å². The molecule has 0 aromatic heterocycles. The van der Waals surface area contributed by atoms with Gasteiger partial charge >= 0.3 is 5.97 Å². The summed E-state index contributed by atoms with van der Waals surface area (Å²) in [6.45, 7) is 5.43. The van der Waals surface area contributed by atoms with Crippen LogP contribution in [0.2, 0.25) is 0 Å². The van der Waals surface area contributed by atoms with Gasteiger partial charge in [-0.05, 0) is 6.42 Å². The Morgan fingerprint density at radius 3 is 2.23 bits per heavy atom. The summed E-state index contributed by atoms with van der Waals surface area (Å²) in [6.07, 6.45) is 0.376. The maximum atomic E-state index is 11.5. The Balaban J connectivity index is 4.34. The molecule has 0 aliphatic rings. The average Bonchev–Trinajstić information content (AvgIpc) is 2.01. The minimum absolute atomic E-state index is 0.183. The highest BCUT2D eigenvalue weighted by Crippen LogP contribution is 2.22. The van der Waals surface area contributed by atoms with Crippen LogP contribution in [-0.2, 0) is 9.59 Å². The molecule has 0 saturated carbocycles. The Morgan fingerprint density at radius 2 is 1.92 bits per heavy atom. The van der Waals surface area contributed by atoms with E-state index in [-0.39, 0.29) is 12.2 Å². The van der Waals surface area contributed by atoms with Crippen molar-refractivity contribution < 1.29 is 14.7 Å². The molecular weight excluding hydrogens is 170 g/mol. The van der Waals surface area contributed by atoms with Crippen LogP contribution in [0.25, 0.3) is 0 Å². The van der Waals surface area contributed by atoms with Crippen LogP contribution in [0.15, 0.2) is 0 Å². The summed E-state index contributed by atoms with van der Waals surface area (Å²) in [5.41, 5.74) is 4.93. The summed E-state index contributed by atoms with van der Waals surface area (Å²) >= 11 is 0. The first-order valence-corrected chi connectivity index (χ1v) is 4.33. The van der Waals surface area contributed by atoms with Crippen molar-refractivity contribution in [2.75, 3.05) is 0 Å². The third kappa shape index (κ3) is 3.55. The van der Waals surface area contributed by atoms with E-state index in [4.69, 9.17) is 10.8 Å². The number of aliphatic carboxylic acids is 1. The lowest BCUT2D eigenvalue weighted by molar-refractivity contribution is -0.140. The summed E-state index contributed by atoms with van der Waals surface area (Å²) in [5.74, 6) is -1.22. The molecule has 0 saturated heterocycles. The fourth-order valence-corrected chi connectivity index (χ4v) is 0.957. The molecule has 0 bridgehead atoms. The molecule has 4 nitrogen and oxygen atoms in total. The minimum Gasteiger partial charge on any atom is -0.481 e. The first-order chi connectivity index (χ1) is 5.81. The van der Waals surface area contributed by atoms with Gasteiger partial charge in [0.2, 0.25) is 0 Å². The first-order valence-electron chi connectivity index (χ1n) is 4.33. The van der Waals surface area contributed by atoms with Crippen molar-refractivity contribution in [3.63, 3.8) is 0 Å². The van der Waals surface area contributed by atoms with Crippen molar-refractivity contribution in [1.82, 2.24) is 0 Å². The van der Waals surface area contributed by atoms with Crippen molar-refractivity contribution in [2.45, 2.75) is 39.7 Å². The van der Waals surface area contributed by atoms with Crippen LogP contribution in [0.4, 0.5) is 0 Å². The number of hydrogen-bond acceptors (Lipinski definition) is 3. The normalized spacial score (nSPS) is 13.8. The molecule has 1 atom stereocenters. The standard InChI is InChI=1S/C9H17NO3/c1-4-9(2,3)8(13)6(10)5-7(11)12/h6H,4-5,10H2,1-3H3,(H,11,12). The van der Waals surface area contributed by atoms with E-state index in [9.17, 15) is 9.59 Å². The molecule has 3 N–H and O–H groups in total. The summed E-state index contributed by atoms with van der Waals surface area (Å²) < 4.78 is 0. The lowest BCUT2D eigenvalue weighted by Gasteiger charge is -2.23. The van der Waals surface area contributed by atoms with E-state index in [1.54, 1.807) is 13.8 Å². The molecule has 0 fully saturated rings. The molecular formula is C9H17NO3. The SMILES string of the molecule is CCC(C)(C)C(=O)C(N)CC(=O)O. The predicted octanol–water partition coefficient (Wildman–Crippen LogP) is 0.794. The molecule has 4 heteroatoms. The van der Waals surface area contributed by atoms with Crippen LogP contribution < -0.4 is 5.73 Å². The van der Waals surface area contributed by atoms with Crippen LogP contribution in [0, 0.1) is 5.41 Å². The van der Waals surface area contributed by atoms with E-state index in [0.29, 0.717) is 6.42 Å². The van der Waals surface area contributed by atoms with Crippen molar-refractivity contribution in [1.29, 1.82) is 0 Å². The molecule has 1 unspecified atom stereocenters. The Morgan fingerprint density at radius 1 is 1.46 bits per heavy atom. The smallest absolute Gasteiger partial charge is 0.305 e. The lowest BCUT2D eigenvalue weighted by atomic mass is 9.81. The quantitative estimate of drug-likeness (QED) is 0.667. The zero-order valence-electron chi connectivity index (χ0n) is 8.33. The number of hydrogen-bond donors (Lipinski definition) is 2. The van der Waals surface area contributed by atoms with E-state index in [1.807, 2.05) is 6.92 Å². The van der Waals surface area contributed by atoms with Gasteiger partial charge in [-0.3, -0.25) is 9.59 Å². The van der Waals surface area contributed by atoms with Crippen molar-refractivity contribution >= 4 is 11.8 Å². The highest BCUT2D eigenvalue weighted by molar-refractivity contribution is 5.91. The molecule has 0 rings (SSSR count). The number of nitrogens with two attached hydrogens (primary N) is 1. The second kappa shape index (κ2) is 4.37. The highest BCUT2D eigenvalue weighted by Gasteiger charge is 2.30. The third-order valence-electron chi connectivity index (χ3n) is 2.28. The second-order valence-corrected chi connectivity index (χ2v) is 3.81. The zero-order chi connectivity index (χ0) is 10.6. The zero-order valence-corrected chi connectivity index (χ0v) is 8.33. The summed E-state index contributed by atoms with van der Waals surface area (Å²) in [4.78, 5) is 21.8. The number of carbonyl (C=O) groups excluding carboxylic acids is 1. The van der Waals surface area contributed by atoms with Crippen LogP contribution >= 0.6 is 0 Å². The van der Waals surface area contributed by atoms with E-state index >= 15 is 0 Å². The van der Waals surface area contributed by atoms with Gasteiger partial charge in [-0.2, -0.15) is 0 Å². The Labute approximate surface area is 78.1 Å². The van der Waals surface area contributed by atoms with Crippen molar-refractivity contribution in [3.05, 3.63) is 0 Å². The fourth-order valence-electron chi connectivity index (χ4n) is 0.957. The summed E-state index contributed by atoms with van der Waals surface area (Å²) in [6, 6.07) is -0.882. The third-order valence-corrected chi connectivity index (χ3v) is 2.28. The highest BCUT2D eigenvalue weighted by atomic mass is 16.4. The Hall–Kier alpha value is -0.900. The van der Waals surface area contributed by atoms with Gasteiger partial charge in [0.15, 0.2) is 5.78 Å². The monoisotopic (exact) mass is 187 g/mol. The molecule has 0 heterocycles. The first kappa shape index (κ1) is 12.1. The van der Waals surface area contributed by atoms with Crippen LogP contribution in [0.5, 0.6) is 0 Å². The van der Waals surface area contributed by atoms with Gasteiger partial charge in [-0.15, -0.1) is 0 Å². The molecule has 0 aromatic rings. The van der Waals surface area contributed by atoms with Crippen LogP contribution in [0.3, 0.4) is 0 Å². The fraction of sp³-hybridized carbons (Fsp3) is 0.778. The minimum atomic E-state index is -1.03. The molecule has 13 heavy (non-hydrogen) atoms. The molecule has 0 aliphatic carbocycles. The number of carboxylic acids is 1. The van der Waals surface area contributed by atoms with Gasteiger partial charge < -0.3 is 10.8 Å². The van der Waals surface area contributed by atoms with Crippen LogP contribution in [-0.4, -0.2) is 22.9 Å². The molecule has 0 spiro atoms. The topological polar surface area (TPSA) is 80.4 Å². The van der Waals surface area contributed by atoms with Gasteiger partial charge in [-0.1, -0.05) is 20.8 Å². The van der Waals surface area contributed by atoms with E-state index in [2.05, 4.69) is 0 Å². The number of carbonyl (C=O) groups is 2. The number of ketones is 1. The van der Waals surface area contributed by atoms with Crippen molar-refractivity contribution in [2.24, 2.45) is 11.1 Å². The average molecular weight is 187 g/mol. The summed E-state index contributed by atoms with van der Waals surface area (Å²) in [7, 11) is 0. The number of carboxylic acid groups (broad SMARTS) is 1. The van der Waals surface area contributed by atoms with E-state index in [0.717, 1.165) is 0 Å². The predicted molar refractivity (Wildman–Crippen MR) is 49.3 cm³/mol. The van der Waals surface area contributed by atoms with Gasteiger partial charge in [0.05, 0.1) is 12.5 Å². The van der Waals surface area contributed by atoms with Crippen LogP contribution in [0.1, 0.15) is 33.6 Å². The molecule has 76 valence electrons. The summed E-state index contributed by atoms with van der Waals surface area (Å²) in [5, 5.41) is 8.44. The maximum Gasteiger partial charge on any atom is 0.305 e. The van der Waals surface area contributed by atoms with Gasteiger partial charge in [-0.25, -0.2) is 0 Å². The molecule has 0 aliphatic heterocycles. The number of Topliss-reactive ketones (excluding diaryl/α,β-unsaturated/α-hetero) is 1. The van der Waals surface area contributed by atoms with Gasteiger partial charge in [0, 0.05) is 5.41 Å².